The summed E-state index contributed by atoms with van der Waals surface area (Å²) in [6.45, 7) is 1.43. The average molecular weight is 415 g/mol. The third kappa shape index (κ3) is 5.32. The second-order valence-electron chi connectivity index (χ2n) is 5.72. The monoisotopic (exact) mass is 415 g/mol. The molecule has 0 heterocycles. The summed E-state index contributed by atoms with van der Waals surface area (Å²) in [6.07, 6.45) is -1.17. The van der Waals surface area contributed by atoms with E-state index in [1.165, 1.54) is 31.2 Å². The van der Waals surface area contributed by atoms with E-state index in [1.807, 2.05) is 0 Å². The van der Waals surface area contributed by atoms with Gasteiger partial charge < -0.3 is 10.1 Å². The van der Waals surface area contributed by atoms with E-state index in [1.54, 1.807) is 0 Å². The van der Waals surface area contributed by atoms with E-state index in [2.05, 4.69) is 5.32 Å². The van der Waals surface area contributed by atoms with Gasteiger partial charge in [0.15, 0.2) is 6.10 Å². The van der Waals surface area contributed by atoms with Crippen molar-refractivity contribution in [2.75, 3.05) is 0 Å². The first-order valence-electron chi connectivity index (χ1n) is 7.96. The Morgan fingerprint density at radius 3 is 2.14 bits per heavy atom. The quantitative estimate of drug-likeness (QED) is 0.703. The van der Waals surface area contributed by atoms with E-state index in [4.69, 9.17) is 4.74 Å². The Labute approximate surface area is 159 Å². The lowest BCUT2D eigenvalue weighted by Crippen LogP contribution is -2.35. The molecule has 0 aliphatic carbocycles. The molecule has 0 aliphatic rings. The van der Waals surface area contributed by atoms with Gasteiger partial charge in [0, 0.05) is 6.54 Å². The smallest absolute Gasteiger partial charge is 0.341 e. The van der Waals surface area contributed by atoms with Crippen LogP contribution in [0.2, 0.25) is 0 Å². The highest BCUT2D eigenvalue weighted by molar-refractivity contribution is 7.91. The van der Waals surface area contributed by atoms with Crippen LogP contribution in [0.5, 0.6) is 0 Å². The van der Waals surface area contributed by atoms with Gasteiger partial charge in [-0.15, -0.1) is 0 Å². The number of rotatable bonds is 7. The molecular formula is C18H16F3NO5S. The molecule has 2 aromatic rings. The van der Waals surface area contributed by atoms with Gasteiger partial charge >= 0.3 is 11.7 Å². The molecule has 0 bridgehead atoms. The van der Waals surface area contributed by atoms with Crippen molar-refractivity contribution in [3.8, 4) is 0 Å². The fourth-order valence-electron chi connectivity index (χ4n) is 2.10. The van der Waals surface area contributed by atoms with Crippen LogP contribution in [0.1, 0.15) is 22.8 Å². The van der Waals surface area contributed by atoms with Crippen LogP contribution in [0.4, 0.5) is 13.2 Å². The maximum Gasteiger partial charge on any atom is 0.341 e. The van der Waals surface area contributed by atoms with Gasteiger partial charge in [0.1, 0.15) is 5.82 Å². The number of carbonyl (C=O) groups excluding carboxylic acids is 2. The number of hydrogen-bond donors (Lipinski definition) is 1. The van der Waals surface area contributed by atoms with Crippen LogP contribution in [-0.4, -0.2) is 32.2 Å². The van der Waals surface area contributed by atoms with Gasteiger partial charge in [-0.25, -0.2) is 17.6 Å². The lowest BCUT2D eigenvalue weighted by molar-refractivity contribution is -0.129. The third-order valence-electron chi connectivity index (χ3n) is 3.69. The van der Waals surface area contributed by atoms with Gasteiger partial charge in [0.05, 0.1) is 10.5 Å². The van der Waals surface area contributed by atoms with E-state index < -0.39 is 44.3 Å². The number of esters is 1. The largest absolute Gasteiger partial charge is 0.449 e. The molecule has 10 heteroatoms. The number of sulfone groups is 1. The van der Waals surface area contributed by atoms with Crippen molar-refractivity contribution in [3.63, 3.8) is 0 Å². The number of ether oxygens (including phenoxy) is 1. The van der Waals surface area contributed by atoms with Gasteiger partial charge in [-0.1, -0.05) is 12.1 Å². The van der Waals surface area contributed by atoms with Gasteiger partial charge in [0.2, 0.25) is 9.84 Å². The Morgan fingerprint density at radius 2 is 1.61 bits per heavy atom. The number of nitrogens with one attached hydrogen (secondary N) is 1. The molecule has 0 unspecified atom stereocenters. The molecule has 150 valence electrons. The standard InChI is InChI=1S/C18H16F3NO5S/c1-11(16(23)22-10-12-2-6-14(19)7-3-12)27-17(24)13-4-8-15(9-5-13)28(25,26)18(20)21/h2-9,11,18H,10H2,1H3,(H,22,23)/t11-/m0/s1. The summed E-state index contributed by atoms with van der Waals surface area (Å²) in [5.74, 6) is -5.51. The molecule has 28 heavy (non-hydrogen) atoms. The fourth-order valence-corrected chi connectivity index (χ4v) is 2.82. The summed E-state index contributed by atoms with van der Waals surface area (Å²) in [5.41, 5.74) is 0.538. The van der Waals surface area contributed by atoms with E-state index in [0.717, 1.165) is 24.3 Å². The molecule has 6 nitrogen and oxygen atoms in total. The topological polar surface area (TPSA) is 89.5 Å². The first kappa shape index (κ1) is 21.4. The minimum Gasteiger partial charge on any atom is -0.449 e. The van der Waals surface area contributed by atoms with Crippen molar-refractivity contribution >= 4 is 21.7 Å². The van der Waals surface area contributed by atoms with Crippen molar-refractivity contribution in [3.05, 3.63) is 65.5 Å². The second kappa shape index (κ2) is 8.87. The summed E-state index contributed by atoms with van der Waals surface area (Å²) in [6, 6.07) is 9.20. The molecule has 0 aromatic heterocycles. The van der Waals surface area contributed by atoms with Crippen LogP contribution in [0, 0.1) is 5.82 Å². The van der Waals surface area contributed by atoms with Gasteiger partial charge in [-0.05, 0) is 48.9 Å². The molecule has 2 aromatic carbocycles. The molecule has 0 aliphatic heterocycles. The zero-order valence-electron chi connectivity index (χ0n) is 14.6. The van der Waals surface area contributed by atoms with Crippen LogP contribution in [0.3, 0.4) is 0 Å². The summed E-state index contributed by atoms with van der Waals surface area (Å²) < 4.78 is 65.5. The molecule has 0 fully saturated rings. The number of hydrogen-bond acceptors (Lipinski definition) is 5. The second-order valence-corrected chi connectivity index (χ2v) is 7.64. The van der Waals surface area contributed by atoms with Gasteiger partial charge in [0.25, 0.3) is 5.91 Å². The average Bonchev–Trinajstić information content (AvgIpc) is 2.67. The van der Waals surface area contributed by atoms with Gasteiger partial charge in [-0.3, -0.25) is 4.79 Å². The number of benzene rings is 2. The lowest BCUT2D eigenvalue weighted by atomic mass is 10.2. The summed E-state index contributed by atoms with van der Waals surface area (Å²) >= 11 is 0. The highest BCUT2D eigenvalue weighted by atomic mass is 32.2. The Hall–Kier alpha value is -2.88. The Kier molecular flexibility index (Phi) is 6.79. The highest BCUT2D eigenvalue weighted by Crippen LogP contribution is 2.19. The predicted octanol–water partition coefficient (Wildman–Crippen LogP) is 2.68. The molecule has 0 saturated heterocycles. The lowest BCUT2D eigenvalue weighted by Gasteiger charge is -2.14. The summed E-state index contributed by atoms with van der Waals surface area (Å²) in [7, 11) is -4.77. The normalized spacial score (nSPS) is 12.5. The zero-order chi connectivity index (χ0) is 20.9. The number of amides is 1. The molecule has 1 amide bonds. The van der Waals surface area contributed by atoms with E-state index in [9.17, 15) is 31.2 Å². The zero-order valence-corrected chi connectivity index (χ0v) is 15.4. The van der Waals surface area contributed by atoms with Crippen LogP contribution in [0.25, 0.3) is 0 Å². The van der Waals surface area contributed by atoms with Crippen molar-refractivity contribution in [2.24, 2.45) is 0 Å². The van der Waals surface area contributed by atoms with E-state index in [0.29, 0.717) is 5.56 Å². The fraction of sp³-hybridized carbons (Fsp3) is 0.222. The Morgan fingerprint density at radius 1 is 1.04 bits per heavy atom. The van der Waals surface area contributed by atoms with Crippen LogP contribution in [0.15, 0.2) is 53.4 Å². The summed E-state index contributed by atoms with van der Waals surface area (Å²) in [5, 5.41) is 2.52. The molecule has 0 saturated carbocycles. The third-order valence-corrected chi connectivity index (χ3v) is 5.08. The molecule has 1 N–H and O–H groups in total. The molecule has 0 spiro atoms. The van der Waals surface area contributed by atoms with Crippen molar-refractivity contribution in [2.45, 2.75) is 30.2 Å². The van der Waals surface area contributed by atoms with Crippen LogP contribution >= 0.6 is 0 Å². The summed E-state index contributed by atoms with van der Waals surface area (Å²) in [4.78, 5) is 23.4. The molecule has 1 atom stereocenters. The molecule has 0 radical (unpaired) electrons. The maximum absolute atomic E-state index is 12.8. The minimum atomic E-state index is -4.77. The number of halogens is 3. The first-order valence-corrected chi connectivity index (χ1v) is 9.51. The van der Waals surface area contributed by atoms with E-state index in [-0.39, 0.29) is 12.1 Å². The van der Waals surface area contributed by atoms with Crippen molar-refractivity contribution < 1.29 is 35.9 Å². The maximum atomic E-state index is 12.8. The predicted molar refractivity (Wildman–Crippen MR) is 92.8 cm³/mol. The molecule has 2 rings (SSSR count). The van der Waals surface area contributed by atoms with Crippen molar-refractivity contribution in [1.29, 1.82) is 0 Å². The SMILES string of the molecule is C[C@H](OC(=O)c1ccc(S(=O)(=O)C(F)F)cc1)C(=O)NCc1ccc(F)cc1. The molecular weight excluding hydrogens is 399 g/mol. The van der Waals surface area contributed by atoms with Crippen molar-refractivity contribution in [1.82, 2.24) is 5.32 Å². The minimum absolute atomic E-state index is 0.0984. The highest BCUT2D eigenvalue weighted by Gasteiger charge is 2.27. The number of alkyl halides is 2. The van der Waals surface area contributed by atoms with Gasteiger partial charge in [-0.2, -0.15) is 8.78 Å². The first-order chi connectivity index (χ1) is 13.1. The Balaban J connectivity index is 1.94. The van der Waals surface area contributed by atoms with E-state index >= 15 is 0 Å². The van der Waals surface area contributed by atoms with Crippen LogP contribution in [-0.2, 0) is 25.9 Å². The van der Waals surface area contributed by atoms with Crippen LogP contribution < -0.4 is 5.32 Å². The Bertz CT molecular complexity index is 944. The number of carbonyl (C=O) groups is 2.